The molecule has 2 aromatic rings. The molecule has 0 saturated carbocycles. The Morgan fingerprint density at radius 1 is 1.38 bits per heavy atom. The molecule has 0 aliphatic heterocycles. The largest absolute Gasteiger partial charge is 0.399 e. The molecular formula is C9H10N6O. The highest BCUT2D eigenvalue weighted by atomic mass is 16.1. The topological polar surface area (TPSA) is 112 Å². The van der Waals surface area contributed by atoms with Gasteiger partial charge < -0.3 is 16.9 Å². The molecular weight excluding hydrogens is 208 g/mol. The normalized spacial score (nSPS) is 10.0. The molecule has 0 aliphatic rings. The number of nitrogen functional groups attached to an aromatic ring is 2. The fourth-order valence-electron chi connectivity index (χ4n) is 1.18. The molecule has 5 N–H and O–H groups in total. The summed E-state index contributed by atoms with van der Waals surface area (Å²) in [5, 5.41) is 10.0. The third-order valence-electron chi connectivity index (χ3n) is 1.93. The molecule has 0 saturated heterocycles. The highest BCUT2D eigenvalue weighted by Gasteiger charge is 2.02. The Morgan fingerprint density at radius 3 is 2.94 bits per heavy atom. The van der Waals surface area contributed by atoms with Crippen LogP contribution >= 0.6 is 0 Å². The SMILES string of the molecule is Nc1cccc(Nc2nncc(=O)n2N)c1. The van der Waals surface area contributed by atoms with E-state index in [1.54, 1.807) is 24.3 Å². The average molecular weight is 218 g/mol. The second-order valence-electron chi connectivity index (χ2n) is 3.13. The number of anilines is 3. The van der Waals surface area contributed by atoms with Gasteiger partial charge in [-0.1, -0.05) is 6.07 Å². The second-order valence-corrected chi connectivity index (χ2v) is 3.13. The highest BCUT2D eigenvalue weighted by molar-refractivity contribution is 5.59. The summed E-state index contributed by atoms with van der Waals surface area (Å²) in [5.41, 5.74) is 6.44. The fourth-order valence-corrected chi connectivity index (χ4v) is 1.18. The molecule has 7 heteroatoms. The number of aromatic nitrogens is 3. The van der Waals surface area contributed by atoms with Crippen LogP contribution < -0.4 is 22.5 Å². The van der Waals surface area contributed by atoms with Gasteiger partial charge >= 0.3 is 0 Å². The summed E-state index contributed by atoms with van der Waals surface area (Å²) in [7, 11) is 0. The van der Waals surface area contributed by atoms with Gasteiger partial charge in [-0.3, -0.25) is 4.79 Å². The van der Waals surface area contributed by atoms with Crippen LogP contribution in [0.2, 0.25) is 0 Å². The maximum Gasteiger partial charge on any atom is 0.292 e. The first-order valence-corrected chi connectivity index (χ1v) is 4.49. The van der Waals surface area contributed by atoms with Crippen LogP contribution in [0.4, 0.5) is 17.3 Å². The number of hydrogen-bond acceptors (Lipinski definition) is 6. The highest BCUT2D eigenvalue weighted by Crippen LogP contribution is 2.14. The van der Waals surface area contributed by atoms with Gasteiger partial charge in [0.1, 0.15) is 6.20 Å². The molecule has 1 aromatic heterocycles. The minimum Gasteiger partial charge on any atom is -0.399 e. The van der Waals surface area contributed by atoms with E-state index in [0.29, 0.717) is 11.4 Å². The summed E-state index contributed by atoms with van der Waals surface area (Å²) in [6.45, 7) is 0. The van der Waals surface area contributed by atoms with Crippen LogP contribution in [0.25, 0.3) is 0 Å². The second kappa shape index (κ2) is 3.89. The third kappa shape index (κ3) is 1.92. The Morgan fingerprint density at radius 2 is 2.19 bits per heavy atom. The lowest BCUT2D eigenvalue weighted by molar-refractivity contribution is 0.836. The lowest BCUT2D eigenvalue weighted by atomic mass is 10.3. The lowest BCUT2D eigenvalue weighted by Crippen LogP contribution is -2.30. The number of hydrogen-bond donors (Lipinski definition) is 3. The third-order valence-corrected chi connectivity index (χ3v) is 1.93. The average Bonchev–Trinajstić information content (AvgIpc) is 2.25. The van der Waals surface area contributed by atoms with Crippen molar-refractivity contribution < 1.29 is 0 Å². The van der Waals surface area contributed by atoms with Crippen LogP contribution in [0.1, 0.15) is 0 Å². The van der Waals surface area contributed by atoms with E-state index in [2.05, 4.69) is 15.5 Å². The van der Waals surface area contributed by atoms with Crippen LogP contribution in [0.15, 0.2) is 35.3 Å². The smallest absolute Gasteiger partial charge is 0.292 e. The standard InChI is InChI=1S/C9H10N6O/c10-6-2-1-3-7(4-6)13-9-14-12-5-8(16)15(9)11/h1-5H,10-11H2,(H,13,14). The van der Waals surface area contributed by atoms with Crippen LogP contribution in [0, 0.1) is 0 Å². The van der Waals surface area contributed by atoms with Crippen LogP contribution in [0.5, 0.6) is 0 Å². The van der Waals surface area contributed by atoms with Gasteiger partial charge in [0.15, 0.2) is 0 Å². The van der Waals surface area contributed by atoms with Gasteiger partial charge in [0, 0.05) is 11.4 Å². The van der Waals surface area contributed by atoms with Crippen molar-refractivity contribution in [1.82, 2.24) is 14.9 Å². The summed E-state index contributed by atoms with van der Waals surface area (Å²) in [6, 6.07) is 6.99. The first-order valence-electron chi connectivity index (χ1n) is 4.49. The molecule has 7 nitrogen and oxygen atoms in total. The predicted octanol–water partition coefficient (Wildman–Crippen LogP) is -0.322. The zero-order chi connectivity index (χ0) is 11.5. The number of benzene rings is 1. The maximum absolute atomic E-state index is 11.2. The van der Waals surface area contributed by atoms with Crippen molar-refractivity contribution in [3.63, 3.8) is 0 Å². The van der Waals surface area contributed by atoms with E-state index in [4.69, 9.17) is 11.6 Å². The van der Waals surface area contributed by atoms with Crippen molar-refractivity contribution in [3.05, 3.63) is 40.8 Å². The summed E-state index contributed by atoms with van der Waals surface area (Å²) < 4.78 is 0.871. The van der Waals surface area contributed by atoms with Gasteiger partial charge in [0.2, 0.25) is 5.95 Å². The fraction of sp³-hybridized carbons (Fsp3) is 0. The zero-order valence-electron chi connectivity index (χ0n) is 8.29. The Hall–Kier alpha value is -2.57. The lowest BCUT2D eigenvalue weighted by Gasteiger charge is -2.07. The number of rotatable bonds is 2. The molecule has 0 radical (unpaired) electrons. The molecule has 1 heterocycles. The van der Waals surface area contributed by atoms with E-state index >= 15 is 0 Å². The predicted molar refractivity (Wildman–Crippen MR) is 60.6 cm³/mol. The van der Waals surface area contributed by atoms with E-state index in [-0.39, 0.29) is 5.95 Å². The molecule has 0 amide bonds. The zero-order valence-corrected chi connectivity index (χ0v) is 8.29. The summed E-state index contributed by atoms with van der Waals surface area (Å²) in [6.07, 6.45) is 1.03. The minimum absolute atomic E-state index is 0.151. The molecule has 0 fully saturated rings. The Labute approximate surface area is 90.7 Å². The van der Waals surface area contributed by atoms with Crippen molar-refractivity contribution in [2.75, 3.05) is 16.9 Å². The van der Waals surface area contributed by atoms with E-state index in [9.17, 15) is 4.79 Å². The number of nitrogens with one attached hydrogen (secondary N) is 1. The molecule has 2 rings (SSSR count). The Bertz CT molecular complexity index is 564. The molecule has 1 aromatic carbocycles. The van der Waals surface area contributed by atoms with E-state index in [1.165, 1.54) is 0 Å². The van der Waals surface area contributed by atoms with Crippen molar-refractivity contribution in [1.29, 1.82) is 0 Å². The molecule has 0 spiro atoms. The van der Waals surface area contributed by atoms with Gasteiger partial charge in [0.05, 0.1) is 0 Å². The van der Waals surface area contributed by atoms with Crippen molar-refractivity contribution in [2.24, 2.45) is 0 Å². The van der Waals surface area contributed by atoms with Gasteiger partial charge in [-0.05, 0) is 18.2 Å². The van der Waals surface area contributed by atoms with E-state index < -0.39 is 5.56 Å². The Balaban J connectivity index is 2.34. The van der Waals surface area contributed by atoms with Gasteiger partial charge in [0.25, 0.3) is 5.56 Å². The Kier molecular flexibility index (Phi) is 2.42. The van der Waals surface area contributed by atoms with Gasteiger partial charge in [-0.15, -0.1) is 10.2 Å². The first kappa shape index (κ1) is 9.97. The minimum atomic E-state index is -0.443. The quantitative estimate of drug-likeness (QED) is 0.470. The monoisotopic (exact) mass is 218 g/mol. The van der Waals surface area contributed by atoms with Crippen LogP contribution in [-0.4, -0.2) is 14.9 Å². The maximum atomic E-state index is 11.2. The van der Waals surface area contributed by atoms with Crippen LogP contribution in [0.3, 0.4) is 0 Å². The number of nitrogens with zero attached hydrogens (tertiary/aromatic N) is 3. The van der Waals surface area contributed by atoms with Crippen molar-refractivity contribution in [3.8, 4) is 0 Å². The molecule has 0 unspecified atom stereocenters. The van der Waals surface area contributed by atoms with E-state index in [0.717, 1.165) is 10.9 Å². The summed E-state index contributed by atoms with van der Waals surface area (Å²) in [4.78, 5) is 11.2. The molecule has 82 valence electrons. The summed E-state index contributed by atoms with van der Waals surface area (Å²) in [5.74, 6) is 5.63. The molecule has 0 atom stereocenters. The number of nitrogens with two attached hydrogens (primary N) is 2. The molecule has 0 aliphatic carbocycles. The van der Waals surface area contributed by atoms with Crippen molar-refractivity contribution in [2.45, 2.75) is 0 Å². The van der Waals surface area contributed by atoms with Gasteiger partial charge in [-0.25, -0.2) is 0 Å². The summed E-state index contributed by atoms with van der Waals surface area (Å²) >= 11 is 0. The van der Waals surface area contributed by atoms with Crippen molar-refractivity contribution >= 4 is 17.3 Å². The van der Waals surface area contributed by atoms with E-state index in [1.807, 2.05) is 0 Å². The first-order chi connectivity index (χ1) is 7.66. The van der Waals surface area contributed by atoms with Gasteiger partial charge in [-0.2, -0.15) is 4.68 Å². The molecule has 0 bridgehead atoms. The molecule has 16 heavy (non-hydrogen) atoms. The van der Waals surface area contributed by atoms with Crippen LogP contribution in [-0.2, 0) is 0 Å².